The number of carboxylic acids is 1. The van der Waals surface area contributed by atoms with E-state index in [9.17, 15) is 23.1 Å². The number of rotatable bonds is 7. The van der Waals surface area contributed by atoms with E-state index in [4.69, 9.17) is 0 Å². The van der Waals surface area contributed by atoms with Crippen molar-refractivity contribution in [2.45, 2.75) is 24.2 Å². The summed E-state index contributed by atoms with van der Waals surface area (Å²) < 4.78 is 26.8. The average Bonchev–Trinajstić information content (AvgIpc) is 2.73. The maximum absolute atomic E-state index is 12.7. The minimum absolute atomic E-state index is 0.0817. The van der Waals surface area contributed by atoms with E-state index in [0.29, 0.717) is 24.3 Å². The molecule has 2 N–H and O–H groups in total. The van der Waals surface area contributed by atoms with E-state index in [-0.39, 0.29) is 22.8 Å². The Hall–Kier alpha value is -2.71. The van der Waals surface area contributed by atoms with Crippen molar-refractivity contribution in [1.82, 2.24) is 4.31 Å². The van der Waals surface area contributed by atoms with Gasteiger partial charge in [-0.1, -0.05) is 18.6 Å². The lowest BCUT2D eigenvalue weighted by Crippen LogP contribution is -2.35. The normalized spacial score (nSPS) is 15.1. The topological polar surface area (TPSA) is 104 Å². The predicted octanol–water partition coefficient (Wildman–Crippen LogP) is 2.85. The molecule has 1 fully saturated rings. The van der Waals surface area contributed by atoms with Gasteiger partial charge in [0.15, 0.2) is 5.78 Å². The molecular formula is C20H22N2O5S. The zero-order chi connectivity index (χ0) is 20.1. The molecular weight excluding hydrogens is 380 g/mol. The summed E-state index contributed by atoms with van der Waals surface area (Å²) in [5, 5.41) is 12.0. The van der Waals surface area contributed by atoms with Gasteiger partial charge < -0.3 is 10.4 Å². The number of aromatic carboxylic acids is 1. The summed E-state index contributed by atoms with van der Waals surface area (Å²) in [7, 11) is -3.53. The molecule has 0 saturated carbocycles. The first kappa shape index (κ1) is 20.0. The van der Waals surface area contributed by atoms with E-state index in [2.05, 4.69) is 5.32 Å². The second-order valence-corrected chi connectivity index (χ2v) is 8.55. The molecule has 1 heterocycles. The largest absolute Gasteiger partial charge is 0.478 e. The van der Waals surface area contributed by atoms with Gasteiger partial charge in [-0.05, 0) is 49.2 Å². The van der Waals surface area contributed by atoms with Gasteiger partial charge in [0.25, 0.3) is 0 Å². The number of carbonyl (C=O) groups is 2. The Morgan fingerprint density at radius 3 is 2.25 bits per heavy atom. The lowest BCUT2D eigenvalue weighted by molar-refractivity contribution is 0.0697. The van der Waals surface area contributed by atoms with Crippen LogP contribution in [0.5, 0.6) is 0 Å². The summed E-state index contributed by atoms with van der Waals surface area (Å²) in [6.07, 6.45) is 2.76. The van der Waals surface area contributed by atoms with E-state index in [1.165, 1.54) is 34.6 Å². The summed E-state index contributed by atoms with van der Waals surface area (Å²) in [6, 6.07) is 12.2. The minimum Gasteiger partial charge on any atom is -0.478 e. The fraction of sp³-hybridized carbons (Fsp3) is 0.300. The number of carboxylic acid groups (broad SMARTS) is 1. The van der Waals surface area contributed by atoms with E-state index in [1.807, 2.05) is 0 Å². The average molecular weight is 402 g/mol. The number of carbonyl (C=O) groups excluding carboxylic acids is 1. The van der Waals surface area contributed by atoms with Crippen LogP contribution >= 0.6 is 0 Å². The Labute approximate surface area is 164 Å². The first-order chi connectivity index (χ1) is 13.4. The van der Waals surface area contributed by atoms with Crippen molar-refractivity contribution < 1.29 is 23.1 Å². The zero-order valence-corrected chi connectivity index (χ0v) is 16.1. The number of Topliss-reactive ketones (excluding diaryl/α,β-unsaturated/α-hetero) is 1. The molecule has 1 aliphatic heterocycles. The van der Waals surface area contributed by atoms with Crippen LogP contribution in [0.2, 0.25) is 0 Å². The van der Waals surface area contributed by atoms with Gasteiger partial charge in [0.2, 0.25) is 10.0 Å². The van der Waals surface area contributed by atoms with Crippen LogP contribution in [0.3, 0.4) is 0 Å². The predicted molar refractivity (Wildman–Crippen MR) is 105 cm³/mol. The molecule has 0 radical (unpaired) electrons. The van der Waals surface area contributed by atoms with Gasteiger partial charge in [-0.15, -0.1) is 0 Å². The molecule has 1 aliphatic rings. The number of para-hydroxylation sites is 1. The monoisotopic (exact) mass is 402 g/mol. The molecule has 0 amide bonds. The first-order valence-corrected chi connectivity index (χ1v) is 10.5. The van der Waals surface area contributed by atoms with Crippen LogP contribution in [-0.4, -0.2) is 49.2 Å². The standard InChI is InChI=1S/C20H22N2O5S/c23-19(14-21-18-7-3-2-6-17(18)20(24)25)15-8-10-16(11-9-15)28(26,27)22-12-4-1-5-13-22/h2-3,6-11,21H,1,4-5,12-14H2,(H,24,25). The summed E-state index contributed by atoms with van der Waals surface area (Å²) in [5.41, 5.74) is 0.795. The number of anilines is 1. The van der Waals surface area contributed by atoms with Crippen LogP contribution < -0.4 is 5.32 Å². The van der Waals surface area contributed by atoms with Crippen molar-refractivity contribution in [3.63, 3.8) is 0 Å². The van der Waals surface area contributed by atoms with E-state index in [1.54, 1.807) is 18.2 Å². The maximum Gasteiger partial charge on any atom is 0.337 e. The lowest BCUT2D eigenvalue weighted by atomic mass is 10.1. The highest BCUT2D eigenvalue weighted by molar-refractivity contribution is 7.89. The van der Waals surface area contributed by atoms with Crippen LogP contribution in [0.4, 0.5) is 5.69 Å². The van der Waals surface area contributed by atoms with Crippen LogP contribution in [-0.2, 0) is 10.0 Å². The first-order valence-electron chi connectivity index (χ1n) is 9.09. The molecule has 0 atom stereocenters. The van der Waals surface area contributed by atoms with Crippen LogP contribution in [0, 0.1) is 0 Å². The molecule has 148 valence electrons. The van der Waals surface area contributed by atoms with Crippen molar-refractivity contribution in [1.29, 1.82) is 0 Å². The third-order valence-electron chi connectivity index (χ3n) is 4.73. The number of sulfonamides is 1. The Morgan fingerprint density at radius 2 is 1.61 bits per heavy atom. The molecule has 0 unspecified atom stereocenters. The Bertz CT molecular complexity index is 964. The number of piperidine rings is 1. The smallest absolute Gasteiger partial charge is 0.337 e. The molecule has 0 spiro atoms. The molecule has 0 bridgehead atoms. The molecule has 0 aromatic heterocycles. The summed E-state index contributed by atoms with van der Waals surface area (Å²) in [4.78, 5) is 23.8. The molecule has 1 saturated heterocycles. The fourth-order valence-corrected chi connectivity index (χ4v) is 4.69. The molecule has 2 aromatic carbocycles. The molecule has 8 heteroatoms. The van der Waals surface area contributed by atoms with Crippen LogP contribution in [0.1, 0.15) is 40.0 Å². The Morgan fingerprint density at radius 1 is 0.964 bits per heavy atom. The van der Waals surface area contributed by atoms with E-state index in [0.717, 1.165) is 19.3 Å². The van der Waals surface area contributed by atoms with Crippen molar-refractivity contribution in [3.8, 4) is 0 Å². The molecule has 3 rings (SSSR count). The number of hydrogen-bond acceptors (Lipinski definition) is 5. The summed E-state index contributed by atoms with van der Waals surface area (Å²) in [6.45, 7) is 0.953. The van der Waals surface area contributed by atoms with Gasteiger partial charge in [0.05, 0.1) is 17.0 Å². The SMILES string of the molecule is O=C(CNc1ccccc1C(=O)O)c1ccc(S(=O)(=O)N2CCCCC2)cc1. The van der Waals surface area contributed by atoms with Crippen molar-refractivity contribution in [2.24, 2.45) is 0 Å². The van der Waals surface area contributed by atoms with Gasteiger partial charge >= 0.3 is 5.97 Å². The third kappa shape index (κ3) is 4.40. The van der Waals surface area contributed by atoms with Crippen molar-refractivity contribution >= 4 is 27.5 Å². The van der Waals surface area contributed by atoms with Crippen molar-refractivity contribution in [3.05, 3.63) is 59.7 Å². The number of benzene rings is 2. The van der Waals surface area contributed by atoms with Gasteiger partial charge in [0, 0.05) is 24.3 Å². The van der Waals surface area contributed by atoms with Gasteiger partial charge in [0.1, 0.15) is 0 Å². The molecule has 28 heavy (non-hydrogen) atoms. The van der Waals surface area contributed by atoms with E-state index >= 15 is 0 Å². The quantitative estimate of drug-likeness (QED) is 0.690. The summed E-state index contributed by atoms with van der Waals surface area (Å²) >= 11 is 0. The Kier molecular flexibility index (Phi) is 6.11. The van der Waals surface area contributed by atoms with Crippen LogP contribution in [0.25, 0.3) is 0 Å². The second-order valence-electron chi connectivity index (χ2n) is 6.62. The zero-order valence-electron chi connectivity index (χ0n) is 15.3. The molecule has 2 aromatic rings. The second kappa shape index (κ2) is 8.53. The molecule has 7 nitrogen and oxygen atoms in total. The summed E-state index contributed by atoms with van der Waals surface area (Å²) in [5.74, 6) is -1.34. The van der Waals surface area contributed by atoms with Gasteiger partial charge in [-0.25, -0.2) is 13.2 Å². The molecule has 0 aliphatic carbocycles. The van der Waals surface area contributed by atoms with Crippen molar-refractivity contribution in [2.75, 3.05) is 25.0 Å². The van der Waals surface area contributed by atoms with Gasteiger partial charge in [-0.3, -0.25) is 4.79 Å². The minimum atomic E-state index is -3.53. The third-order valence-corrected chi connectivity index (χ3v) is 6.64. The Balaban J connectivity index is 1.68. The highest BCUT2D eigenvalue weighted by Crippen LogP contribution is 2.21. The van der Waals surface area contributed by atoms with Gasteiger partial charge in [-0.2, -0.15) is 4.31 Å². The number of nitrogens with zero attached hydrogens (tertiary/aromatic N) is 1. The fourth-order valence-electron chi connectivity index (χ4n) is 3.17. The number of ketones is 1. The number of nitrogens with one attached hydrogen (secondary N) is 1. The number of hydrogen-bond donors (Lipinski definition) is 2. The lowest BCUT2D eigenvalue weighted by Gasteiger charge is -2.25. The maximum atomic E-state index is 12.7. The highest BCUT2D eigenvalue weighted by Gasteiger charge is 2.25. The van der Waals surface area contributed by atoms with E-state index < -0.39 is 16.0 Å². The highest BCUT2D eigenvalue weighted by atomic mass is 32.2. The van der Waals surface area contributed by atoms with Crippen LogP contribution in [0.15, 0.2) is 53.4 Å².